The smallest absolute Gasteiger partial charge is 0.261 e. The van der Waals surface area contributed by atoms with Crippen molar-refractivity contribution in [3.8, 4) is 11.8 Å². The van der Waals surface area contributed by atoms with Gasteiger partial charge in [0.2, 0.25) is 0 Å². The molecule has 5 heteroatoms. The van der Waals surface area contributed by atoms with Crippen LogP contribution in [-0.4, -0.2) is 40.8 Å². The zero-order valence-corrected chi connectivity index (χ0v) is 14.9. The molecule has 0 atom stereocenters. The van der Waals surface area contributed by atoms with Gasteiger partial charge < -0.3 is 0 Å². The summed E-state index contributed by atoms with van der Waals surface area (Å²) in [6.45, 7) is 4.32. The van der Waals surface area contributed by atoms with Gasteiger partial charge in [0.1, 0.15) is 11.5 Å². The molecular weight excluding hydrogens is 312 g/mol. The van der Waals surface area contributed by atoms with Crippen LogP contribution < -0.4 is 5.56 Å². The van der Waals surface area contributed by atoms with E-state index in [0.717, 1.165) is 30.1 Å². The average molecular weight is 334 g/mol. The highest BCUT2D eigenvalue weighted by molar-refractivity contribution is 6.09. The Morgan fingerprint density at radius 3 is 3.00 bits per heavy atom. The zero-order valence-electron chi connectivity index (χ0n) is 14.9. The maximum atomic E-state index is 12.7. The van der Waals surface area contributed by atoms with Crippen molar-refractivity contribution in [2.75, 3.05) is 20.6 Å². The topological polar surface area (TPSA) is 50.5 Å². The maximum absolute atomic E-state index is 12.7. The van der Waals surface area contributed by atoms with Crippen molar-refractivity contribution in [1.82, 2.24) is 14.5 Å². The normalized spacial score (nSPS) is 15.2. The van der Waals surface area contributed by atoms with Crippen molar-refractivity contribution in [3.05, 3.63) is 52.1 Å². The Hall–Kier alpha value is -2.71. The number of fused-ring (bicyclic) bond motifs is 2. The summed E-state index contributed by atoms with van der Waals surface area (Å²) >= 11 is 0. The molecule has 0 aliphatic carbocycles. The van der Waals surface area contributed by atoms with Crippen LogP contribution in [0.15, 0.2) is 40.1 Å². The third-order valence-corrected chi connectivity index (χ3v) is 4.24. The van der Waals surface area contributed by atoms with Crippen LogP contribution in [-0.2, 0) is 13.1 Å². The number of aromatic nitrogens is 2. The lowest BCUT2D eigenvalue weighted by Crippen LogP contribution is -2.38. The molecule has 0 amide bonds. The minimum Gasteiger partial charge on any atom is -0.297 e. The third kappa shape index (κ3) is 3.70. The van der Waals surface area contributed by atoms with Gasteiger partial charge in [-0.05, 0) is 43.7 Å². The van der Waals surface area contributed by atoms with Crippen molar-refractivity contribution in [2.24, 2.45) is 4.99 Å². The van der Waals surface area contributed by atoms with Crippen molar-refractivity contribution < 1.29 is 0 Å². The standard InChI is InChI=1S/C20H22N4O/c1-4-5-6-16(21-2)9-7-15-8-10-17-18(13-15)22-19-14-23(3)11-12-24(19)20(17)25/h5-6,8,10,13H,4,11-12,14H2,1-3H3/b6-5-,21-16?. The first-order valence-corrected chi connectivity index (χ1v) is 8.49. The second-order valence-corrected chi connectivity index (χ2v) is 6.12. The lowest BCUT2D eigenvalue weighted by Gasteiger charge is -2.25. The molecule has 0 N–H and O–H groups in total. The molecule has 0 saturated heterocycles. The van der Waals surface area contributed by atoms with Gasteiger partial charge in [0.25, 0.3) is 5.56 Å². The number of nitrogens with zero attached hydrogens (tertiary/aromatic N) is 4. The number of likely N-dealkylation sites (N-methyl/N-ethyl adjacent to an activating group) is 1. The zero-order chi connectivity index (χ0) is 17.8. The fourth-order valence-electron chi connectivity index (χ4n) is 2.83. The molecule has 25 heavy (non-hydrogen) atoms. The minimum absolute atomic E-state index is 0.0364. The SMILES string of the molecule is CC/C=C\C(C#Cc1ccc2c(=O)n3c(nc2c1)CN(C)CC3)=NC. The lowest BCUT2D eigenvalue weighted by molar-refractivity contribution is 0.259. The van der Waals surface area contributed by atoms with Crippen LogP contribution in [0.4, 0.5) is 0 Å². The quantitative estimate of drug-likeness (QED) is 0.625. The molecule has 0 bridgehead atoms. The molecule has 0 radical (unpaired) electrons. The summed E-state index contributed by atoms with van der Waals surface area (Å²) in [5.74, 6) is 6.99. The Labute approximate surface area is 147 Å². The predicted molar refractivity (Wildman–Crippen MR) is 102 cm³/mol. The molecule has 0 unspecified atom stereocenters. The predicted octanol–water partition coefficient (Wildman–Crippen LogP) is 2.23. The molecular formula is C20H22N4O. The van der Waals surface area contributed by atoms with E-state index in [2.05, 4.69) is 28.7 Å². The number of allylic oxidation sites excluding steroid dienone is 2. The molecule has 0 spiro atoms. The van der Waals surface area contributed by atoms with Crippen molar-refractivity contribution in [1.29, 1.82) is 0 Å². The van der Waals surface area contributed by atoms with Crippen LogP contribution in [0.2, 0.25) is 0 Å². The van der Waals surface area contributed by atoms with E-state index in [9.17, 15) is 4.79 Å². The van der Waals surface area contributed by atoms with E-state index in [0.29, 0.717) is 24.0 Å². The summed E-state index contributed by atoms with van der Waals surface area (Å²) in [7, 11) is 3.77. The summed E-state index contributed by atoms with van der Waals surface area (Å²) in [6.07, 6.45) is 4.90. The molecule has 0 saturated carbocycles. The first-order valence-electron chi connectivity index (χ1n) is 8.49. The largest absolute Gasteiger partial charge is 0.297 e. The summed E-state index contributed by atoms with van der Waals surface area (Å²) < 4.78 is 1.78. The molecule has 5 nitrogen and oxygen atoms in total. The average Bonchev–Trinajstić information content (AvgIpc) is 2.61. The summed E-state index contributed by atoms with van der Waals surface area (Å²) in [5, 5.41) is 0.647. The van der Waals surface area contributed by atoms with E-state index in [1.165, 1.54) is 0 Å². The van der Waals surface area contributed by atoms with Crippen LogP contribution >= 0.6 is 0 Å². The minimum atomic E-state index is 0.0364. The second kappa shape index (κ2) is 7.45. The van der Waals surface area contributed by atoms with Gasteiger partial charge in [0, 0.05) is 25.7 Å². The molecule has 2 aromatic rings. The van der Waals surface area contributed by atoms with Gasteiger partial charge in [0.05, 0.1) is 17.4 Å². The van der Waals surface area contributed by atoms with Crippen molar-refractivity contribution >= 4 is 16.6 Å². The van der Waals surface area contributed by atoms with E-state index in [-0.39, 0.29) is 5.56 Å². The highest BCUT2D eigenvalue weighted by atomic mass is 16.1. The first-order chi connectivity index (χ1) is 12.1. The summed E-state index contributed by atoms with van der Waals surface area (Å²) in [5.41, 5.74) is 2.31. The Balaban J connectivity index is 2.01. The van der Waals surface area contributed by atoms with Gasteiger partial charge in [-0.2, -0.15) is 0 Å². The summed E-state index contributed by atoms with van der Waals surface area (Å²) in [6, 6.07) is 5.58. The summed E-state index contributed by atoms with van der Waals surface area (Å²) in [4.78, 5) is 23.7. The van der Waals surface area contributed by atoms with E-state index >= 15 is 0 Å². The second-order valence-electron chi connectivity index (χ2n) is 6.12. The number of aliphatic imine (C=N–C) groups is 1. The number of hydrogen-bond acceptors (Lipinski definition) is 4. The number of rotatable bonds is 2. The molecule has 1 aromatic heterocycles. The van der Waals surface area contributed by atoms with Gasteiger partial charge in [-0.15, -0.1) is 0 Å². The third-order valence-electron chi connectivity index (χ3n) is 4.24. The molecule has 1 aliphatic heterocycles. The first kappa shape index (κ1) is 17.1. The molecule has 128 valence electrons. The fourth-order valence-corrected chi connectivity index (χ4v) is 2.83. The van der Waals surface area contributed by atoms with Gasteiger partial charge in [-0.3, -0.25) is 19.3 Å². The monoisotopic (exact) mass is 334 g/mol. The molecule has 1 aliphatic rings. The van der Waals surface area contributed by atoms with E-state index in [4.69, 9.17) is 4.98 Å². The highest BCUT2D eigenvalue weighted by Gasteiger charge is 2.17. The lowest BCUT2D eigenvalue weighted by atomic mass is 10.1. The van der Waals surface area contributed by atoms with Gasteiger partial charge in [0.15, 0.2) is 0 Å². The van der Waals surface area contributed by atoms with Crippen LogP contribution in [0.3, 0.4) is 0 Å². The van der Waals surface area contributed by atoms with Gasteiger partial charge in [-0.25, -0.2) is 4.98 Å². The molecule has 2 heterocycles. The Morgan fingerprint density at radius 2 is 2.24 bits per heavy atom. The molecule has 0 fully saturated rings. The molecule has 1 aromatic carbocycles. The Morgan fingerprint density at radius 1 is 1.40 bits per heavy atom. The van der Waals surface area contributed by atoms with Gasteiger partial charge >= 0.3 is 0 Å². The van der Waals surface area contributed by atoms with Crippen molar-refractivity contribution in [2.45, 2.75) is 26.4 Å². The number of benzene rings is 1. The Kier molecular flexibility index (Phi) is 5.11. The van der Waals surface area contributed by atoms with Crippen LogP contribution in [0, 0.1) is 11.8 Å². The van der Waals surface area contributed by atoms with E-state index in [1.807, 2.05) is 37.4 Å². The van der Waals surface area contributed by atoms with Crippen LogP contribution in [0.25, 0.3) is 10.9 Å². The number of hydrogen-bond donors (Lipinski definition) is 0. The van der Waals surface area contributed by atoms with E-state index in [1.54, 1.807) is 11.6 Å². The van der Waals surface area contributed by atoms with Gasteiger partial charge in [-0.1, -0.05) is 18.9 Å². The maximum Gasteiger partial charge on any atom is 0.261 e. The highest BCUT2D eigenvalue weighted by Crippen LogP contribution is 2.14. The Bertz CT molecular complexity index is 973. The van der Waals surface area contributed by atoms with Crippen molar-refractivity contribution in [3.63, 3.8) is 0 Å². The van der Waals surface area contributed by atoms with Crippen LogP contribution in [0.1, 0.15) is 24.7 Å². The van der Waals surface area contributed by atoms with Crippen LogP contribution in [0.5, 0.6) is 0 Å². The molecule has 3 rings (SSSR count). The fraction of sp³-hybridized carbons (Fsp3) is 0.350. The van der Waals surface area contributed by atoms with E-state index < -0.39 is 0 Å².